The predicted octanol–water partition coefficient (Wildman–Crippen LogP) is 0.964. The molecule has 1 heterocycles. The molecule has 2 heteroatoms. The zero-order valence-electron chi connectivity index (χ0n) is 5.81. The van der Waals surface area contributed by atoms with Crippen molar-refractivity contribution in [3.63, 3.8) is 0 Å². The maximum absolute atomic E-state index is 11.0. The summed E-state index contributed by atoms with van der Waals surface area (Å²) in [6.07, 6.45) is 2.89. The standard InChI is InChI=1S/C7H13NO.H2/c1-2-7(9)6-4-3-5-8-6;/h6,8H,2-5H2,1H3;1H/t6-;/m0./s1. The summed E-state index contributed by atoms with van der Waals surface area (Å²) in [5.74, 6) is 0.368. The van der Waals surface area contributed by atoms with Gasteiger partial charge in [0.1, 0.15) is 5.78 Å². The fourth-order valence-corrected chi connectivity index (χ4v) is 1.21. The van der Waals surface area contributed by atoms with Crippen LogP contribution in [-0.2, 0) is 4.79 Å². The van der Waals surface area contributed by atoms with Gasteiger partial charge < -0.3 is 5.32 Å². The fraction of sp³-hybridized carbons (Fsp3) is 0.857. The van der Waals surface area contributed by atoms with Gasteiger partial charge in [-0.15, -0.1) is 0 Å². The largest absolute Gasteiger partial charge is 0.307 e. The van der Waals surface area contributed by atoms with E-state index in [1.54, 1.807) is 0 Å². The van der Waals surface area contributed by atoms with Crippen molar-refractivity contribution in [3.8, 4) is 0 Å². The van der Waals surface area contributed by atoms with Gasteiger partial charge in [0.05, 0.1) is 6.04 Å². The van der Waals surface area contributed by atoms with Crippen LogP contribution in [0.1, 0.15) is 27.6 Å². The molecule has 1 saturated heterocycles. The highest BCUT2D eigenvalue weighted by Crippen LogP contribution is 2.06. The highest BCUT2D eigenvalue weighted by molar-refractivity contribution is 5.83. The lowest BCUT2D eigenvalue weighted by atomic mass is 10.1. The van der Waals surface area contributed by atoms with E-state index >= 15 is 0 Å². The van der Waals surface area contributed by atoms with Crippen molar-refractivity contribution < 1.29 is 6.22 Å². The molecule has 0 unspecified atom stereocenters. The van der Waals surface area contributed by atoms with Crippen LogP contribution in [0.25, 0.3) is 0 Å². The maximum atomic E-state index is 11.0. The zero-order chi connectivity index (χ0) is 6.69. The molecule has 1 fully saturated rings. The van der Waals surface area contributed by atoms with E-state index in [4.69, 9.17) is 0 Å². The Bertz CT molecular complexity index is 110. The van der Waals surface area contributed by atoms with Gasteiger partial charge in [-0.05, 0) is 19.4 Å². The molecular formula is C7H15NO. The molecule has 0 saturated carbocycles. The molecule has 0 bridgehead atoms. The summed E-state index contributed by atoms with van der Waals surface area (Å²) >= 11 is 0. The average molecular weight is 129 g/mol. The Morgan fingerprint density at radius 1 is 1.89 bits per heavy atom. The van der Waals surface area contributed by atoms with Crippen molar-refractivity contribution >= 4 is 5.78 Å². The Balaban J connectivity index is 0.000000810. The van der Waals surface area contributed by atoms with E-state index < -0.39 is 0 Å². The lowest BCUT2D eigenvalue weighted by Crippen LogP contribution is -2.29. The van der Waals surface area contributed by atoms with Crippen LogP contribution in [0, 0.1) is 0 Å². The normalized spacial score (nSPS) is 26.6. The van der Waals surface area contributed by atoms with Crippen LogP contribution in [0.15, 0.2) is 0 Å². The first kappa shape index (κ1) is 6.75. The van der Waals surface area contributed by atoms with Gasteiger partial charge in [0.15, 0.2) is 0 Å². The molecule has 0 aromatic carbocycles. The molecule has 1 aliphatic heterocycles. The number of nitrogens with one attached hydrogen (secondary N) is 1. The van der Waals surface area contributed by atoms with E-state index in [0.29, 0.717) is 12.2 Å². The molecule has 1 atom stereocenters. The van der Waals surface area contributed by atoms with E-state index in [9.17, 15) is 4.79 Å². The van der Waals surface area contributed by atoms with Crippen molar-refractivity contribution in [2.75, 3.05) is 6.54 Å². The molecule has 1 aliphatic rings. The van der Waals surface area contributed by atoms with E-state index in [2.05, 4.69) is 5.32 Å². The van der Waals surface area contributed by atoms with Gasteiger partial charge in [0.2, 0.25) is 0 Å². The lowest BCUT2D eigenvalue weighted by Gasteiger charge is -2.04. The molecule has 1 rings (SSSR count). The topological polar surface area (TPSA) is 29.1 Å². The molecular weight excluding hydrogens is 114 g/mol. The fourth-order valence-electron chi connectivity index (χ4n) is 1.21. The molecule has 54 valence electrons. The van der Waals surface area contributed by atoms with Crippen LogP contribution < -0.4 is 5.32 Å². The molecule has 0 aromatic rings. The van der Waals surface area contributed by atoms with Crippen molar-refractivity contribution in [3.05, 3.63) is 0 Å². The number of Topliss-reactive ketones (excluding diaryl/α,β-unsaturated/α-hetero) is 1. The zero-order valence-corrected chi connectivity index (χ0v) is 5.81. The number of hydrogen-bond acceptors (Lipinski definition) is 2. The summed E-state index contributed by atoms with van der Waals surface area (Å²) in [5, 5.41) is 3.16. The summed E-state index contributed by atoms with van der Waals surface area (Å²) in [7, 11) is 0. The summed E-state index contributed by atoms with van der Waals surface area (Å²) in [4.78, 5) is 11.0. The van der Waals surface area contributed by atoms with Crippen LogP contribution >= 0.6 is 0 Å². The number of hydrogen-bond donors (Lipinski definition) is 1. The summed E-state index contributed by atoms with van der Waals surface area (Å²) < 4.78 is 0. The smallest absolute Gasteiger partial charge is 0.149 e. The van der Waals surface area contributed by atoms with Crippen molar-refractivity contribution in [2.45, 2.75) is 32.2 Å². The highest BCUT2D eigenvalue weighted by Gasteiger charge is 2.19. The quantitative estimate of drug-likeness (QED) is 0.601. The van der Waals surface area contributed by atoms with Gasteiger partial charge in [-0.3, -0.25) is 4.79 Å². The number of ketones is 1. The number of carbonyl (C=O) groups is 1. The Kier molecular flexibility index (Phi) is 2.22. The Morgan fingerprint density at radius 2 is 2.67 bits per heavy atom. The second kappa shape index (κ2) is 2.97. The third kappa shape index (κ3) is 1.52. The van der Waals surface area contributed by atoms with Crippen LogP contribution in [0.4, 0.5) is 0 Å². The van der Waals surface area contributed by atoms with E-state index in [0.717, 1.165) is 19.4 Å². The van der Waals surface area contributed by atoms with Crippen LogP contribution in [-0.4, -0.2) is 18.4 Å². The molecule has 0 spiro atoms. The molecule has 9 heavy (non-hydrogen) atoms. The first-order chi connectivity index (χ1) is 4.34. The van der Waals surface area contributed by atoms with Gasteiger partial charge in [-0.2, -0.15) is 0 Å². The minimum atomic E-state index is 0. The second-order valence-corrected chi connectivity index (χ2v) is 2.47. The minimum Gasteiger partial charge on any atom is -0.307 e. The van der Waals surface area contributed by atoms with Crippen LogP contribution in [0.2, 0.25) is 0 Å². The molecule has 0 amide bonds. The van der Waals surface area contributed by atoms with Crippen molar-refractivity contribution in [1.82, 2.24) is 5.32 Å². The lowest BCUT2D eigenvalue weighted by molar-refractivity contribution is -0.120. The molecule has 2 nitrogen and oxygen atoms in total. The van der Waals surface area contributed by atoms with E-state index in [1.165, 1.54) is 0 Å². The number of carbonyl (C=O) groups excluding carboxylic acids is 1. The van der Waals surface area contributed by atoms with Gasteiger partial charge in [-0.25, -0.2) is 0 Å². The summed E-state index contributed by atoms with van der Waals surface area (Å²) in [5.41, 5.74) is 0. The van der Waals surface area contributed by atoms with Crippen LogP contribution in [0.3, 0.4) is 0 Å². The summed E-state index contributed by atoms with van der Waals surface area (Å²) in [6.45, 7) is 2.94. The third-order valence-electron chi connectivity index (χ3n) is 1.80. The number of rotatable bonds is 2. The Hall–Kier alpha value is -0.370. The molecule has 0 aliphatic carbocycles. The van der Waals surface area contributed by atoms with Gasteiger partial charge in [0.25, 0.3) is 0 Å². The van der Waals surface area contributed by atoms with E-state index in [1.807, 2.05) is 6.92 Å². The van der Waals surface area contributed by atoms with E-state index in [-0.39, 0.29) is 7.47 Å². The van der Waals surface area contributed by atoms with Crippen LogP contribution in [0.5, 0.6) is 0 Å². The second-order valence-electron chi connectivity index (χ2n) is 2.47. The molecule has 1 N–H and O–H groups in total. The summed E-state index contributed by atoms with van der Waals surface area (Å²) in [6, 6.07) is 0.190. The Morgan fingerprint density at radius 3 is 3.11 bits per heavy atom. The Labute approximate surface area is 57.1 Å². The average Bonchev–Trinajstić information content (AvgIpc) is 2.37. The third-order valence-corrected chi connectivity index (χ3v) is 1.80. The predicted molar refractivity (Wildman–Crippen MR) is 38.4 cm³/mol. The first-order valence-electron chi connectivity index (χ1n) is 3.60. The maximum Gasteiger partial charge on any atom is 0.149 e. The highest BCUT2D eigenvalue weighted by atomic mass is 16.1. The molecule has 0 radical (unpaired) electrons. The van der Waals surface area contributed by atoms with Gasteiger partial charge in [-0.1, -0.05) is 6.92 Å². The first-order valence-corrected chi connectivity index (χ1v) is 3.60. The van der Waals surface area contributed by atoms with Gasteiger partial charge >= 0.3 is 0 Å². The minimum absolute atomic E-state index is 0. The van der Waals surface area contributed by atoms with Crippen molar-refractivity contribution in [1.29, 1.82) is 0 Å². The van der Waals surface area contributed by atoms with Gasteiger partial charge in [0, 0.05) is 7.85 Å². The van der Waals surface area contributed by atoms with Crippen molar-refractivity contribution in [2.24, 2.45) is 0 Å². The monoisotopic (exact) mass is 129 g/mol. The molecule has 0 aromatic heterocycles. The SMILES string of the molecule is CCC(=O)[C@@H]1CCCN1.[HH].